The van der Waals surface area contributed by atoms with Crippen molar-refractivity contribution in [3.05, 3.63) is 48.3 Å². The van der Waals surface area contributed by atoms with E-state index in [1.807, 2.05) is 18.2 Å². The maximum atomic E-state index is 12.2. The third-order valence-electron chi connectivity index (χ3n) is 4.31. The highest BCUT2D eigenvalue weighted by atomic mass is 16.2. The van der Waals surface area contributed by atoms with Crippen LogP contribution >= 0.6 is 0 Å². The molecule has 3 N–H and O–H groups in total. The molecule has 0 bridgehead atoms. The van der Waals surface area contributed by atoms with E-state index in [1.54, 1.807) is 0 Å². The molecule has 1 aromatic rings. The molecule has 2 atom stereocenters. The summed E-state index contributed by atoms with van der Waals surface area (Å²) >= 11 is 0. The highest BCUT2D eigenvalue weighted by Gasteiger charge is 2.48. The fourth-order valence-corrected chi connectivity index (χ4v) is 3.17. The first-order valence-corrected chi connectivity index (χ1v) is 8.06. The molecule has 0 aliphatic carbocycles. The number of benzene rings is 1. The average Bonchev–Trinajstić information content (AvgIpc) is 2.51. The van der Waals surface area contributed by atoms with Crippen molar-refractivity contribution < 1.29 is 9.59 Å². The third kappa shape index (κ3) is 4.34. The Morgan fingerprint density at radius 3 is 2.61 bits per heavy atom. The predicted molar refractivity (Wildman–Crippen MR) is 90.1 cm³/mol. The maximum Gasteiger partial charge on any atom is 0.234 e. The largest absolute Gasteiger partial charge is 0.386 e. The molecule has 5 nitrogen and oxygen atoms in total. The number of carbonyl (C=O) groups is 2. The van der Waals surface area contributed by atoms with Gasteiger partial charge in [-0.25, -0.2) is 0 Å². The summed E-state index contributed by atoms with van der Waals surface area (Å²) in [5, 5.41) is 2.96. The fraction of sp³-hybridized carbons (Fsp3) is 0.444. The number of nitrogens with one attached hydrogen (secondary N) is 1. The predicted octanol–water partition coefficient (Wildman–Crippen LogP) is 1.79. The number of imide groups is 1. The van der Waals surface area contributed by atoms with Gasteiger partial charge < -0.3 is 11.1 Å². The Hall–Kier alpha value is -2.30. The fourth-order valence-electron chi connectivity index (χ4n) is 3.17. The number of amides is 2. The van der Waals surface area contributed by atoms with Crippen LogP contribution in [0.5, 0.6) is 0 Å². The zero-order chi connectivity index (χ0) is 16.8. The normalized spacial score (nSPS) is 20.0. The van der Waals surface area contributed by atoms with Crippen LogP contribution in [-0.4, -0.2) is 29.3 Å². The first-order valence-electron chi connectivity index (χ1n) is 8.06. The summed E-state index contributed by atoms with van der Waals surface area (Å²) in [6, 6.07) is 10.2. The summed E-state index contributed by atoms with van der Waals surface area (Å²) in [7, 11) is 0. The summed E-state index contributed by atoms with van der Waals surface area (Å²) < 4.78 is 0. The van der Waals surface area contributed by atoms with Crippen LogP contribution in [0, 0.1) is 5.92 Å². The van der Waals surface area contributed by atoms with Crippen LogP contribution in [0.1, 0.15) is 31.7 Å². The zero-order valence-electron chi connectivity index (χ0n) is 13.6. The second-order valence-corrected chi connectivity index (χ2v) is 6.02. The topological polar surface area (TPSA) is 75.4 Å². The molecule has 1 aliphatic heterocycles. The van der Waals surface area contributed by atoms with Gasteiger partial charge in [0.05, 0.1) is 17.8 Å². The molecule has 1 aliphatic rings. The molecule has 0 aromatic heterocycles. The van der Waals surface area contributed by atoms with Crippen LogP contribution < -0.4 is 11.1 Å². The smallest absolute Gasteiger partial charge is 0.234 e. The number of hydrogen-bond acceptors (Lipinski definition) is 4. The van der Waals surface area contributed by atoms with Crippen molar-refractivity contribution in [2.75, 3.05) is 6.54 Å². The average molecular weight is 315 g/mol. The van der Waals surface area contributed by atoms with Crippen LogP contribution in [0.15, 0.2) is 42.7 Å². The van der Waals surface area contributed by atoms with Gasteiger partial charge in [0.2, 0.25) is 11.8 Å². The van der Waals surface area contributed by atoms with Crippen molar-refractivity contribution in [2.24, 2.45) is 11.7 Å². The van der Waals surface area contributed by atoms with Gasteiger partial charge in [-0.2, -0.15) is 0 Å². The zero-order valence-corrected chi connectivity index (χ0v) is 13.6. The van der Waals surface area contributed by atoms with Gasteiger partial charge in [0, 0.05) is 13.5 Å². The first kappa shape index (κ1) is 17.1. The lowest BCUT2D eigenvalue weighted by Crippen LogP contribution is -2.62. The Morgan fingerprint density at radius 1 is 1.30 bits per heavy atom. The Labute approximate surface area is 137 Å². The van der Waals surface area contributed by atoms with Crippen LogP contribution in [0.3, 0.4) is 0 Å². The van der Waals surface area contributed by atoms with E-state index < -0.39 is 0 Å². The van der Waals surface area contributed by atoms with E-state index in [-0.39, 0.29) is 23.8 Å². The van der Waals surface area contributed by atoms with E-state index in [1.165, 1.54) is 17.4 Å². The van der Waals surface area contributed by atoms with Gasteiger partial charge in [0.25, 0.3) is 0 Å². The van der Waals surface area contributed by atoms with Crippen LogP contribution in [0.25, 0.3) is 0 Å². The van der Waals surface area contributed by atoms with E-state index in [4.69, 9.17) is 5.73 Å². The first-order chi connectivity index (χ1) is 11.0. The summed E-state index contributed by atoms with van der Waals surface area (Å²) in [5.74, 6) is 0.186. The third-order valence-corrected chi connectivity index (χ3v) is 4.31. The highest BCUT2D eigenvalue weighted by molar-refractivity contribution is 6.01. The molecule has 5 heteroatoms. The number of β-lactam (4-membered cyclic amide) rings is 1. The molecule has 0 spiro atoms. The molecule has 2 amide bonds. The minimum Gasteiger partial charge on any atom is -0.386 e. The van der Waals surface area contributed by atoms with Crippen LogP contribution in [0.4, 0.5) is 0 Å². The van der Waals surface area contributed by atoms with E-state index >= 15 is 0 Å². The molecule has 0 unspecified atom stereocenters. The summed E-state index contributed by atoms with van der Waals surface area (Å²) in [4.78, 5) is 25.3. The van der Waals surface area contributed by atoms with Crippen LogP contribution in [0.2, 0.25) is 0 Å². The van der Waals surface area contributed by atoms with Gasteiger partial charge in [-0.1, -0.05) is 36.9 Å². The molecule has 0 radical (unpaired) electrons. The van der Waals surface area contributed by atoms with Crippen molar-refractivity contribution in [3.63, 3.8) is 0 Å². The van der Waals surface area contributed by atoms with Gasteiger partial charge >= 0.3 is 0 Å². The Kier molecular flexibility index (Phi) is 5.79. The minimum absolute atomic E-state index is 0.0151. The highest BCUT2D eigenvalue weighted by Crippen LogP contribution is 2.33. The van der Waals surface area contributed by atoms with E-state index in [0.717, 1.165) is 25.7 Å². The molecule has 2 rings (SSSR count). The second kappa shape index (κ2) is 7.81. The van der Waals surface area contributed by atoms with Gasteiger partial charge in [0.1, 0.15) is 0 Å². The standard InChI is InChI=1S/C18H25N3O2/c1-13(19)20-12-6-9-16-17(21(14(2)22)18(16)23)11-10-15-7-4-3-5-8-15/h3-5,7-8,16-17,20H,1,6,9-12,19H2,2H3/t16-,17-/m1/s1. The second-order valence-electron chi connectivity index (χ2n) is 6.02. The lowest BCUT2D eigenvalue weighted by Gasteiger charge is -2.45. The van der Waals surface area contributed by atoms with Crippen molar-refractivity contribution in [1.82, 2.24) is 10.2 Å². The molecular formula is C18H25N3O2. The quantitative estimate of drug-likeness (QED) is 0.566. The molecule has 124 valence electrons. The minimum atomic E-state index is -0.155. The Bertz CT molecular complexity index is 571. The van der Waals surface area contributed by atoms with Crippen molar-refractivity contribution in [3.8, 4) is 0 Å². The molecule has 1 fully saturated rings. The number of hydrogen-bond donors (Lipinski definition) is 2. The van der Waals surface area contributed by atoms with E-state index in [2.05, 4.69) is 24.0 Å². The summed E-state index contributed by atoms with van der Waals surface area (Å²) in [5.41, 5.74) is 6.69. The molecule has 23 heavy (non-hydrogen) atoms. The van der Waals surface area contributed by atoms with E-state index in [9.17, 15) is 9.59 Å². The Balaban J connectivity index is 1.89. The van der Waals surface area contributed by atoms with E-state index in [0.29, 0.717) is 12.4 Å². The lowest BCUT2D eigenvalue weighted by atomic mass is 9.80. The Morgan fingerprint density at radius 2 is 2.00 bits per heavy atom. The van der Waals surface area contributed by atoms with Crippen molar-refractivity contribution in [1.29, 1.82) is 0 Å². The number of likely N-dealkylation sites (tertiary alicyclic amines) is 1. The molecule has 1 aromatic carbocycles. The number of nitrogens with zero attached hydrogens (tertiary/aromatic N) is 1. The van der Waals surface area contributed by atoms with Crippen LogP contribution in [-0.2, 0) is 16.0 Å². The molecule has 1 saturated heterocycles. The number of aryl methyl sites for hydroxylation is 1. The number of nitrogens with two attached hydrogens (primary N) is 1. The number of rotatable bonds is 8. The van der Waals surface area contributed by atoms with Gasteiger partial charge in [-0.05, 0) is 31.2 Å². The lowest BCUT2D eigenvalue weighted by molar-refractivity contribution is -0.166. The number of carbonyl (C=O) groups excluding carboxylic acids is 2. The summed E-state index contributed by atoms with van der Waals surface area (Å²) in [6.45, 7) is 5.74. The van der Waals surface area contributed by atoms with Gasteiger partial charge in [0.15, 0.2) is 0 Å². The maximum absolute atomic E-state index is 12.2. The molecular weight excluding hydrogens is 290 g/mol. The van der Waals surface area contributed by atoms with Gasteiger partial charge in [-0.3, -0.25) is 14.5 Å². The molecule has 0 saturated carbocycles. The SMILES string of the molecule is C=C(N)NCCC[C@H]1C(=O)N(C(C)=O)[C@@H]1CCc1ccccc1. The monoisotopic (exact) mass is 315 g/mol. The van der Waals surface area contributed by atoms with Crippen molar-refractivity contribution in [2.45, 2.75) is 38.6 Å². The van der Waals surface area contributed by atoms with Gasteiger partial charge in [-0.15, -0.1) is 0 Å². The summed E-state index contributed by atoms with van der Waals surface area (Å²) in [6.07, 6.45) is 3.29. The molecule has 1 heterocycles. The van der Waals surface area contributed by atoms with Crippen molar-refractivity contribution >= 4 is 11.8 Å².